The standard InChI is InChI=1S/C28H35BrN4O8/c1-27(2,3)40-24(34)30-15-16-31(26(36)41-28(4,5)6)22(17-30)18-32(20-9-7-19(29)8-10-20)25(35)39-23-13-11-21(12-14-23)33(37)38/h7-14,22H,15-18H2,1-6H3/t22-/m1/s1. The number of anilines is 1. The largest absolute Gasteiger partial charge is 0.444 e. The molecule has 0 aliphatic carbocycles. The van der Waals surface area contributed by atoms with Crippen LogP contribution in [-0.2, 0) is 9.47 Å². The minimum atomic E-state index is -0.778. The van der Waals surface area contributed by atoms with Gasteiger partial charge in [-0.25, -0.2) is 14.4 Å². The van der Waals surface area contributed by atoms with Gasteiger partial charge in [-0.05, 0) is 77.9 Å². The zero-order valence-electron chi connectivity index (χ0n) is 24.0. The first-order valence-electron chi connectivity index (χ1n) is 13.0. The van der Waals surface area contributed by atoms with Gasteiger partial charge >= 0.3 is 18.3 Å². The van der Waals surface area contributed by atoms with Crippen LogP contribution in [-0.4, -0.2) is 76.4 Å². The van der Waals surface area contributed by atoms with Gasteiger partial charge in [0.05, 0.1) is 17.5 Å². The average molecular weight is 636 g/mol. The molecular formula is C28H35BrN4O8. The second kappa shape index (κ2) is 12.8. The van der Waals surface area contributed by atoms with Gasteiger partial charge < -0.3 is 19.1 Å². The van der Waals surface area contributed by atoms with Crippen molar-refractivity contribution in [2.45, 2.75) is 58.8 Å². The van der Waals surface area contributed by atoms with E-state index in [4.69, 9.17) is 14.2 Å². The summed E-state index contributed by atoms with van der Waals surface area (Å²) in [5, 5.41) is 11.0. The van der Waals surface area contributed by atoms with Crippen LogP contribution in [0.4, 0.5) is 25.8 Å². The van der Waals surface area contributed by atoms with Gasteiger partial charge in [0.15, 0.2) is 0 Å². The van der Waals surface area contributed by atoms with Crippen molar-refractivity contribution in [3.05, 3.63) is 63.1 Å². The number of hydrogen-bond acceptors (Lipinski definition) is 8. The van der Waals surface area contributed by atoms with Gasteiger partial charge in [0.1, 0.15) is 17.0 Å². The highest BCUT2D eigenvalue weighted by atomic mass is 79.9. The Morgan fingerprint density at radius 1 is 0.927 bits per heavy atom. The average Bonchev–Trinajstić information content (AvgIpc) is 2.86. The van der Waals surface area contributed by atoms with Crippen molar-refractivity contribution < 1.29 is 33.5 Å². The molecule has 0 saturated carbocycles. The minimum Gasteiger partial charge on any atom is -0.444 e. The predicted octanol–water partition coefficient (Wildman–Crippen LogP) is 6.22. The second-order valence-electron chi connectivity index (χ2n) is 11.5. The molecule has 1 atom stereocenters. The molecule has 0 bridgehead atoms. The maximum atomic E-state index is 13.5. The van der Waals surface area contributed by atoms with Crippen LogP contribution in [0.25, 0.3) is 0 Å². The third-order valence-electron chi connectivity index (χ3n) is 5.77. The van der Waals surface area contributed by atoms with Crippen LogP contribution >= 0.6 is 15.9 Å². The zero-order valence-corrected chi connectivity index (χ0v) is 25.5. The number of ether oxygens (including phenoxy) is 3. The van der Waals surface area contributed by atoms with Gasteiger partial charge in [-0.15, -0.1) is 0 Å². The van der Waals surface area contributed by atoms with Crippen LogP contribution in [0.5, 0.6) is 5.75 Å². The molecule has 1 saturated heterocycles. The Morgan fingerprint density at radius 2 is 1.49 bits per heavy atom. The number of non-ortho nitro benzene ring substituents is 1. The van der Waals surface area contributed by atoms with Crippen molar-refractivity contribution in [1.82, 2.24) is 9.80 Å². The van der Waals surface area contributed by atoms with Gasteiger partial charge in [0.25, 0.3) is 5.69 Å². The topological polar surface area (TPSA) is 132 Å². The van der Waals surface area contributed by atoms with Gasteiger partial charge in [-0.3, -0.25) is 19.9 Å². The smallest absolute Gasteiger partial charge is 0.419 e. The van der Waals surface area contributed by atoms with Crippen LogP contribution in [0.15, 0.2) is 53.0 Å². The molecule has 3 rings (SSSR count). The zero-order chi connectivity index (χ0) is 30.5. The molecule has 1 fully saturated rings. The van der Waals surface area contributed by atoms with E-state index in [0.717, 1.165) is 4.47 Å². The van der Waals surface area contributed by atoms with E-state index in [1.165, 1.54) is 39.0 Å². The van der Waals surface area contributed by atoms with Gasteiger partial charge in [0.2, 0.25) is 0 Å². The molecule has 0 N–H and O–H groups in total. The van der Waals surface area contributed by atoms with Crippen LogP contribution in [0.3, 0.4) is 0 Å². The number of nitro benzene ring substituents is 1. The fourth-order valence-corrected chi connectivity index (χ4v) is 4.24. The second-order valence-corrected chi connectivity index (χ2v) is 12.4. The van der Waals surface area contributed by atoms with Gasteiger partial charge in [0, 0.05) is 41.9 Å². The molecule has 12 nitrogen and oxygen atoms in total. The maximum absolute atomic E-state index is 13.5. The highest BCUT2D eigenvalue weighted by Gasteiger charge is 2.38. The molecule has 2 aromatic rings. The van der Waals surface area contributed by atoms with E-state index in [-0.39, 0.29) is 37.6 Å². The minimum absolute atomic E-state index is 0.0496. The van der Waals surface area contributed by atoms with Crippen LogP contribution in [0.2, 0.25) is 0 Å². The summed E-state index contributed by atoms with van der Waals surface area (Å²) in [5.41, 5.74) is -1.15. The Bertz CT molecular complexity index is 1260. The molecule has 13 heteroatoms. The first-order chi connectivity index (χ1) is 19.0. The molecule has 1 aliphatic heterocycles. The molecule has 0 aromatic heterocycles. The third kappa shape index (κ3) is 9.34. The lowest BCUT2D eigenvalue weighted by Gasteiger charge is -2.43. The summed E-state index contributed by atoms with van der Waals surface area (Å²) >= 11 is 3.39. The summed E-state index contributed by atoms with van der Waals surface area (Å²) in [6, 6.07) is 11.3. The number of carbonyl (C=O) groups excluding carboxylic acids is 3. The molecule has 0 unspecified atom stereocenters. The SMILES string of the molecule is CC(C)(C)OC(=O)N1CCN(C(=O)OC(C)(C)C)[C@@H](CN(C(=O)Oc2ccc([N+](=O)[O-])cc2)c2ccc(Br)cc2)C1. The van der Waals surface area contributed by atoms with Crippen LogP contribution < -0.4 is 9.64 Å². The highest BCUT2D eigenvalue weighted by molar-refractivity contribution is 9.10. The fraction of sp³-hybridized carbons (Fsp3) is 0.464. The molecule has 2 aromatic carbocycles. The van der Waals surface area contributed by atoms with Gasteiger partial charge in [-0.1, -0.05) is 15.9 Å². The lowest BCUT2D eigenvalue weighted by Crippen LogP contribution is -2.61. The van der Waals surface area contributed by atoms with Crippen molar-refractivity contribution in [3.63, 3.8) is 0 Å². The Morgan fingerprint density at radius 3 is 2.02 bits per heavy atom. The number of nitro groups is 1. The Labute approximate surface area is 247 Å². The van der Waals surface area contributed by atoms with Crippen molar-refractivity contribution in [1.29, 1.82) is 0 Å². The van der Waals surface area contributed by atoms with Crippen LogP contribution in [0, 0.1) is 10.1 Å². The fourth-order valence-electron chi connectivity index (χ4n) is 3.97. The van der Waals surface area contributed by atoms with E-state index in [2.05, 4.69) is 15.9 Å². The predicted molar refractivity (Wildman–Crippen MR) is 155 cm³/mol. The molecule has 1 aliphatic rings. The van der Waals surface area contributed by atoms with E-state index in [1.54, 1.807) is 65.8 Å². The molecule has 3 amide bonds. The van der Waals surface area contributed by atoms with Crippen molar-refractivity contribution in [2.24, 2.45) is 0 Å². The first kappa shape index (κ1) is 31.7. The summed E-state index contributed by atoms with van der Waals surface area (Å²) in [6.45, 7) is 11.0. The Kier molecular flexibility index (Phi) is 9.85. The normalized spacial score (nSPS) is 15.6. The molecule has 0 radical (unpaired) electrons. The lowest BCUT2D eigenvalue weighted by molar-refractivity contribution is -0.384. The molecule has 41 heavy (non-hydrogen) atoms. The number of carbonyl (C=O) groups is 3. The highest BCUT2D eigenvalue weighted by Crippen LogP contribution is 2.25. The number of nitrogens with zero attached hydrogens (tertiary/aromatic N) is 4. The first-order valence-corrected chi connectivity index (χ1v) is 13.8. The molecule has 222 valence electrons. The van der Waals surface area contributed by atoms with E-state index in [1.807, 2.05) is 0 Å². The summed E-state index contributed by atoms with van der Waals surface area (Å²) in [7, 11) is 0. The van der Waals surface area contributed by atoms with Crippen molar-refractivity contribution in [2.75, 3.05) is 31.1 Å². The molecule has 1 heterocycles. The van der Waals surface area contributed by atoms with E-state index < -0.39 is 40.4 Å². The lowest BCUT2D eigenvalue weighted by atomic mass is 10.1. The molecule has 0 spiro atoms. The summed E-state index contributed by atoms with van der Waals surface area (Å²) in [6.07, 6.45) is -1.89. The number of halogens is 1. The molecular weight excluding hydrogens is 600 g/mol. The van der Waals surface area contributed by atoms with Crippen molar-refractivity contribution >= 4 is 45.6 Å². The van der Waals surface area contributed by atoms with Gasteiger partial charge in [-0.2, -0.15) is 0 Å². The van der Waals surface area contributed by atoms with Crippen LogP contribution in [0.1, 0.15) is 41.5 Å². The number of piperazine rings is 1. The summed E-state index contributed by atoms with van der Waals surface area (Å²) in [4.78, 5) is 54.4. The monoisotopic (exact) mass is 634 g/mol. The number of rotatable bonds is 5. The third-order valence-corrected chi connectivity index (χ3v) is 6.30. The van der Waals surface area contributed by atoms with Crippen molar-refractivity contribution in [3.8, 4) is 5.75 Å². The number of amides is 3. The van der Waals surface area contributed by atoms with E-state index in [9.17, 15) is 24.5 Å². The quantitative estimate of drug-likeness (QED) is 0.280. The Balaban J connectivity index is 1.93. The maximum Gasteiger partial charge on any atom is 0.419 e. The van der Waals surface area contributed by atoms with E-state index >= 15 is 0 Å². The summed E-state index contributed by atoms with van der Waals surface area (Å²) in [5.74, 6) is 0.103. The summed E-state index contributed by atoms with van der Waals surface area (Å²) < 4.78 is 17.5. The Hall–Kier alpha value is -3.87. The number of hydrogen-bond donors (Lipinski definition) is 0. The number of benzene rings is 2. The van der Waals surface area contributed by atoms with E-state index in [0.29, 0.717) is 5.69 Å².